The summed E-state index contributed by atoms with van der Waals surface area (Å²) in [5.41, 5.74) is 4.16. The summed E-state index contributed by atoms with van der Waals surface area (Å²) in [6, 6.07) is 28.0. The van der Waals surface area contributed by atoms with Crippen molar-refractivity contribution in [1.82, 2.24) is 10.3 Å². The molecule has 0 aromatic heterocycles. The Morgan fingerprint density at radius 3 is 2.32 bits per heavy atom. The van der Waals surface area contributed by atoms with Gasteiger partial charge in [-0.25, -0.2) is 5.01 Å². The highest BCUT2D eigenvalue weighted by molar-refractivity contribution is 6.03. The molecule has 5 heteroatoms. The van der Waals surface area contributed by atoms with Gasteiger partial charge in [-0.3, -0.25) is 4.79 Å². The van der Waals surface area contributed by atoms with Gasteiger partial charge in [-0.15, -0.1) is 0 Å². The molecule has 0 fully saturated rings. The van der Waals surface area contributed by atoms with E-state index in [0.717, 1.165) is 28.2 Å². The van der Waals surface area contributed by atoms with Gasteiger partial charge in [0.05, 0.1) is 25.4 Å². The maximum absolute atomic E-state index is 13.2. The molecular formula is C26H27N3O2. The summed E-state index contributed by atoms with van der Waals surface area (Å²) in [4.78, 5) is 13.2. The molecule has 1 aliphatic rings. The summed E-state index contributed by atoms with van der Waals surface area (Å²) in [6.45, 7) is 2.28. The van der Waals surface area contributed by atoms with E-state index in [1.807, 2.05) is 72.8 Å². The van der Waals surface area contributed by atoms with Crippen LogP contribution in [0, 0.1) is 0 Å². The van der Waals surface area contributed by atoms with Gasteiger partial charge in [-0.2, -0.15) is 5.10 Å². The van der Waals surface area contributed by atoms with Crippen molar-refractivity contribution in [1.29, 1.82) is 0 Å². The van der Waals surface area contributed by atoms with Gasteiger partial charge in [-0.1, -0.05) is 72.8 Å². The number of carbonyl (C=O) groups is 1. The molecule has 3 aromatic rings. The average Bonchev–Trinajstić information content (AvgIpc) is 3.29. The van der Waals surface area contributed by atoms with Gasteiger partial charge >= 0.3 is 0 Å². The minimum absolute atomic E-state index is 0.0467. The zero-order chi connectivity index (χ0) is 21.6. The van der Waals surface area contributed by atoms with Crippen LogP contribution in [0.2, 0.25) is 0 Å². The molecule has 1 N–H and O–H groups in total. The second-order valence-electron chi connectivity index (χ2n) is 7.66. The minimum atomic E-state index is -0.137. The van der Waals surface area contributed by atoms with Gasteiger partial charge in [0.2, 0.25) is 0 Å². The number of carbonyl (C=O) groups excluding carboxylic acids is 1. The first-order valence-electron chi connectivity index (χ1n) is 10.5. The van der Waals surface area contributed by atoms with Crippen LogP contribution in [0.5, 0.6) is 5.75 Å². The highest BCUT2D eigenvalue weighted by Gasteiger charge is 2.33. The Morgan fingerprint density at radius 2 is 1.68 bits per heavy atom. The number of nitrogens with zero attached hydrogens (tertiary/aromatic N) is 2. The summed E-state index contributed by atoms with van der Waals surface area (Å²) in [6.07, 6.45) is 0.677. The van der Waals surface area contributed by atoms with E-state index in [4.69, 9.17) is 9.84 Å². The molecule has 1 heterocycles. The van der Waals surface area contributed by atoms with Crippen LogP contribution in [0.25, 0.3) is 0 Å². The first kappa shape index (κ1) is 20.8. The molecule has 1 aliphatic heterocycles. The molecule has 0 saturated heterocycles. The van der Waals surface area contributed by atoms with E-state index in [1.165, 1.54) is 0 Å². The predicted octanol–water partition coefficient (Wildman–Crippen LogP) is 4.72. The van der Waals surface area contributed by atoms with Gasteiger partial charge in [0, 0.05) is 12.5 Å². The third-order valence-corrected chi connectivity index (χ3v) is 5.63. The van der Waals surface area contributed by atoms with Crippen LogP contribution >= 0.6 is 0 Å². The molecule has 2 atom stereocenters. The van der Waals surface area contributed by atoms with Crippen molar-refractivity contribution in [2.45, 2.75) is 25.4 Å². The molecule has 0 bridgehead atoms. The van der Waals surface area contributed by atoms with Crippen molar-refractivity contribution in [3.05, 3.63) is 102 Å². The lowest BCUT2D eigenvalue weighted by atomic mass is 9.98. The number of hydrazone groups is 1. The third kappa shape index (κ3) is 4.84. The van der Waals surface area contributed by atoms with Crippen LogP contribution in [-0.4, -0.2) is 30.3 Å². The highest BCUT2D eigenvalue weighted by atomic mass is 16.5. The Labute approximate surface area is 183 Å². The summed E-state index contributed by atoms with van der Waals surface area (Å²) >= 11 is 0. The lowest BCUT2D eigenvalue weighted by molar-refractivity contribution is -0.132. The number of hydrogen-bond acceptors (Lipinski definition) is 4. The van der Waals surface area contributed by atoms with Crippen molar-refractivity contribution < 1.29 is 9.53 Å². The number of ether oxygens (including phenoxy) is 1. The topological polar surface area (TPSA) is 53.9 Å². The predicted molar refractivity (Wildman–Crippen MR) is 123 cm³/mol. The fraction of sp³-hybridized carbons (Fsp3) is 0.231. The van der Waals surface area contributed by atoms with Crippen molar-refractivity contribution in [2.75, 3.05) is 13.7 Å². The summed E-state index contributed by atoms with van der Waals surface area (Å²) < 4.78 is 5.28. The molecule has 158 valence electrons. The number of nitrogens with one attached hydrogen (secondary N) is 1. The molecule has 0 spiro atoms. The van der Waals surface area contributed by atoms with Gasteiger partial charge in [0.15, 0.2) is 0 Å². The largest absolute Gasteiger partial charge is 0.497 e. The fourth-order valence-electron chi connectivity index (χ4n) is 3.81. The molecule has 5 nitrogen and oxygen atoms in total. The van der Waals surface area contributed by atoms with Gasteiger partial charge in [0.1, 0.15) is 5.75 Å². The van der Waals surface area contributed by atoms with E-state index in [2.05, 4.69) is 24.4 Å². The molecule has 3 aromatic carbocycles. The molecule has 0 unspecified atom stereocenters. The summed E-state index contributed by atoms with van der Waals surface area (Å²) in [5, 5.41) is 9.71. The second kappa shape index (κ2) is 9.58. The van der Waals surface area contributed by atoms with Crippen LogP contribution in [0.15, 0.2) is 90.0 Å². The molecule has 1 amide bonds. The SMILES string of the molecule is COc1ccc([C@H]2CC(c3ccccc3)=NN2C(=O)CN[C@@H](C)c2ccccc2)cc1. The van der Waals surface area contributed by atoms with E-state index >= 15 is 0 Å². The zero-order valence-electron chi connectivity index (χ0n) is 17.9. The van der Waals surface area contributed by atoms with Gasteiger partial charge < -0.3 is 10.1 Å². The smallest absolute Gasteiger partial charge is 0.257 e. The van der Waals surface area contributed by atoms with Gasteiger partial charge in [0.25, 0.3) is 5.91 Å². The zero-order valence-corrected chi connectivity index (χ0v) is 17.9. The second-order valence-corrected chi connectivity index (χ2v) is 7.66. The van der Waals surface area contributed by atoms with Crippen molar-refractivity contribution >= 4 is 11.6 Å². The van der Waals surface area contributed by atoms with Crippen LogP contribution < -0.4 is 10.1 Å². The van der Waals surface area contributed by atoms with E-state index in [9.17, 15) is 4.79 Å². The standard InChI is InChI=1S/C26H27N3O2/c1-19(20-9-5-3-6-10-20)27-18-26(30)29-25(22-13-15-23(31-2)16-14-22)17-24(28-29)21-11-7-4-8-12-21/h3-16,19,25,27H,17-18H2,1-2H3/t19-,25+/m0/s1. The number of benzene rings is 3. The monoisotopic (exact) mass is 413 g/mol. The van der Waals surface area contributed by atoms with E-state index < -0.39 is 0 Å². The first-order valence-corrected chi connectivity index (χ1v) is 10.5. The minimum Gasteiger partial charge on any atom is -0.497 e. The molecule has 4 rings (SSSR count). The van der Waals surface area contributed by atoms with Crippen LogP contribution in [0.3, 0.4) is 0 Å². The van der Waals surface area contributed by atoms with Crippen LogP contribution in [0.4, 0.5) is 0 Å². The van der Waals surface area contributed by atoms with Crippen LogP contribution in [0.1, 0.15) is 42.1 Å². The highest BCUT2D eigenvalue weighted by Crippen LogP contribution is 2.33. The lowest BCUT2D eigenvalue weighted by Gasteiger charge is -2.23. The van der Waals surface area contributed by atoms with Crippen molar-refractivity contribution in [3.8, 4) is 5.75 Å². The van der Waals surface area contributed by atoms with E-state index in [-0.39, 0.29) is 24.5 Å². The Kier molecular flexibility index (Phi) is 6.43. The molecule has 0 radical (unpaired) electrons. The number of rotatable bonds is 7. The number of amides is 1. The summed E-state index contributed by atoms with van der Waals surface area (Å²) in [5.74, 6) is 0.747. The Balaban J connectivity index is 1.54. The Bertz CT molecular complexity index is 1030. The van der Waals surface area contributed by atoms with E-state index in [0.29, 0.717) is 6.42 Å². The van der Waals surface area contributed by atoms with Gasteiger partial charge in [-0.05, 0) is 35.7 Å². The van der Waals surface area contributed by atoms with Crippen molar-refractivity contribution in [3.63, 3.8) is 0 Å². The number of methoxy groups -OCH3 is 1. The molecule has 31 heavy (non-hydrogen) atoms. The Morgan fingerprint density at radius 1 is 1.03 bits per heavy atom. The van der Waals surface area contributed by atoms with Crippen molar-refractivity contribution in [2.24, 2.45) is 5.10 Å². The lowest BCUT2D eigenvalue weighted by Crippen LogP contribution is -2.36. The quantitative estimate of drug-likeness (QED) is 0.610. The molecule has 0 saturated carbocycles. The normalized spacial score (nSPS) is 16.6. The Hall–Kier alpha value is -3.44. The third-order valence-electron chi connectivity index (χ3n) is 5.63. The maximum atomic E-state index is 13.2. The molecule has 0 aliphatic carbocycles. The molecular weight excluding hydrogens is 386 g/mol. The average molecular weight is 414 g/mol. The first-order chi connectivity index (χ1) is 15.2. The summed E-state index contributed by atoms with van der Waals surface area (Å²) in [7, 11) is 1.65. The van der Waals surface area contributed by atoms with Crippen LogP contribution in [-0.2, 0) is 4.79 Å². The fourth-order valence-corrected chi connectivity index (χ4v) is 3.81. The van der Waals surface area contributed by atoms with E-state index in [1.54, 1.807) is 12.1 Å². The number of hydrogen-bond donors (Lipinski definition) is 1. The maximum Gasteiger partial charge on any atom is 0.257 e.